The lowest BCUT2D eigenvalue weighted by Gasteiger charge is -2.23. The Morgan fingerprint density at radius 2 is 1.79 bits per heavy atom. The van der Waals surface area contributed by atoms with E-state index in [1.54, 1.807) is 23.8 Å². The summed E-state index contributed by atoms with van der Waals surface area (Å²) in [6, 6.07) is 6.30. The average molecular weight is 569 g/mol. The second-order valence-corrected chi connectivity index (χ2v) is 10.4. The van der Waals surface area contributed by atoms with E-state index in [1.165, 1.54) is 24.5 Å². The molecule has 0 saturated carbocycles. The molecule has 3 rings (SSSR count). The lowest BCUT2D eigenvalue weighted by atomic mass is 10.1. The Hall–Kier alpha value is -3.62. The molecule has 14 heteroatoms. The van der Waals surface area contributed by atoms with Crippen LogP contribution in [0, 0.1) is 18.6 Å². The topological polar surface area (TPSA) is 141 Å². The third-order valence-electron chi connectivity index (χ3n) is 5.51. The van der Waals surface area contributed by atoms with Crippen molar-refractivity contribution in [1.82, 2.24) is 14.6 Å². The first-order valence-electron chi connectivity index (χ1n) is 11.2. The van der Waals surface area contributed by atoms with Crippen molar-refractivity contribution in [3.8, 4) is 11.5 Å². The van der Waals surface area contributed by atoms with Gasteiger partial charge in [0.25, 0.3) is 22.0 Å². The Kier molecular flexibility index (Phi) is 9.36. The Morgan fingerprint density at radius 3 is 2.39 bits per heavy atom. The third kappa shape index (κ3) is 7.46. The number of halogens is 2. The zero-order valence-corrected chi connectivity index (χ0v) is 22.4. The van der Waals surface area contributed by atoms with Crippen LogP contribution < -0.4 is 19.3 Å². The van der Waals surface area contributed by atoms with Crippen LogP contribution in [0.4, 0.5) is 8.78 Å². The van der Waals surface area contributed by atoms with Crippen LogP contribution in [-0.4, -0.2) is 50.9 Å². The number of nitrogens with zero attached hydrogens (tertiary/aromatic N) is 2. The molecule has 2 amide bonds. The zero-order chi connectivity index (χ0) is 28.0. The van der Waals surface area contributed by atoms with E-state index in [2.05, 4.69) is 4.98 Å². The van der Waals surface area contributed by atoms with Gasteiger partial charge < -0.3 is 14.4 Å². The van der Waals surface area contributed by atoms with Crippen LogP contribution in [0.2, 0.25) is 0 Å². The molecule has 0 bridgehead atoms. The number of aromatic nitrogens is 1. The maximum Gasteiger partial charge on any atom is 0.299 e. The first-order valence-corrected chi connectivity index (χ1v) is 13.6. The fourth-order valence-corrected chi connectivity index (χ4v) is 4.82. The van der Waals surface area contributed by atoms with E-state index in [9.17, 15) is 26.8 Å². The highest BCUT2D eigenvalue weighted by Gasteiger charge is 2.22. The molecule has 0 spiro atoms. The van der Waals surface area contributed by atoms with Crippen molar-refractivity contribution in [1.29, 1.82) is 0 Å². The molecule has 1 aromatic heterocycles. The van der Waals surface area contributed by atoms with Crippen molar-refractivity contribution in [3.05, 3.63) is 74.7 Å². The normalized spacial score (nSPS) is 11.2. The number of aryl methyl sites for hydroxylation is 1. The van der Waals surface area contributed by atoms with Gasteiger partial charge in [0, 0.05) is 23.1 Å². The summed E-state index contributed by atoms with van der Waals surface area (Å²) in [5, 5.41) is 6.50. The number of methoxy groups -OCH3 is 2. The van der Waals surface area contributed by atoms with Crippen molar-refractivity contribution in [3.63, 3.8) is 0 Å². The summed E-state index contributed by atoms with van der Waals surface area (Å²) in [4.78, 5) is 31.2. The maximum atomic E-state index is 14.1. The van der Waals surface area contributed by atoms with E-state index in [0.717, 1.165) is 29.5 Å². The van der Waals surface area contributed by atoms with E-state index in [4.69, 9.17) is 14.6 Å². The molecular weight excluding hydrogens is 542 g/mol. The molecular formula is C24H26F2N4O6S2. The van der Waals surface area contributed by atoms with E-state index < -0.39 is 33.7 Å². The molecule has 0 aliphatic rings. The largest absolute Gasteiger partial charge is 0.496 e. The van der Waals surface area contributed by atoms with Gasteiger partial charge in [-0.15, -0.1) is 11.3 Å². The lowest BCUT2D eigenvalue weighted by molar-refractivity contribution is 0.0740. The number of carbonyl (C=O) groups is 2. The van der Waals surface area contributed by atoms with Crippen molar-refractivity contribution in [2.75, 3.05) is 20.8 Å². The molecule has 38 heavy (non-hydrogen) atoms. The van der Waals surface area contributed by atoms with Gasteiger partial charge in [-0.05, 0) is 55.7 Å². The van der Waals surface area contributed by atoms with Crippen LogP contribution >= 0.6 is 11.3 Å². The minimum atomic E-state index is -4.28. The van der Waals surface area contributed by atoms with Crippen LogP contribution in [0.3, 0.4) is 0 Å². The predicted octanol–water partition coefficient (Wildman–Crippen LogP) is 2.96. The SMILES string of the molecule is COc1cc(C(=O)N(CCCc2cc(F)ccc2F)Cc2nc(C(=O)NS(N)(=O)=O)cs2)cc(OC)c1C. The van der Waals surface area contributed by atoms with Gasteiger partial charge in [0.2, 0.25) is 0 Å². The standard InChI is InChI=1S/C24H26F2N4O6S2/c1-14-20(35-2)10-16(11-21(14)36-3)24(32)30(8-4-5-15-9-17(25)6-7-18(15)26)12-22-28-19(13-37-22)23(31)29-38(27,33)34/h6-7,9-11,13H,4-5,8,12H2,1-3H3,(H,29,31)(H2,27,33,34). The average Bonchev–Trinajstić information content (AvgIpc) is 3.33. The minimum absolute atomic E-state index is 0.0453. The number of benzene rings is 2. The van der Waals surface area contributed by atoms with Gasteiger partial charge in [-0.25, -0.2) is 23.6 Å². The number of hydrogen-bond donors (Lipinski definition) is 2. The quantitative estimate of drug-likeness (QED) is 0.362. The zero-order valence-electron chi connectivity index (χ0n) is 20.8. The first-order chi connectivity index (χ1) is 17.9. The summed E-state index contributed by atoms with van der Waals surface area (Å²) < 4.78 is 62.3. The molecule has 1 heterocycles. The van der Waals surface area contributed by atoms with Crippen LogP contribution in [0.15, 0.2) is 35.7 Å². The Morgan fingerprint density at radius 1 is 1.13 bits per heavy atom. The number of nitrogens with two attached hydrogens (primary N) is 1. The molecule has 0 aliphatic heterocycles. The highest BCUT2D eigenvalue weighted by Crippen LogP contribution is 2.30. The molecule has 2 aromatic carbocycles. The Balaban J connectivity index is 1.87. The molecule has 0 radical (unpaired) electrons. The van der Waals surface area contributed by atoms with E-state index in [1.807, 2.05) is 0 Å². The summed E-state index contributed by atoms with van der Waals surface area (Å²) in [7, 11) is -1.35. The van der Waals surface area contributed by atoms with Crippen LogP contribution in [0.25, 0.3) is 0 Å². The lowest BCUT2D eigenvalue weighted by Crippen LogP contribution is -2.36. The molecule has 0 atom stereocenters. The molecule has 0 unspecified atom stereocenters. The van der Waals surface area contributed by atoms with Gasteiger partial charge in [0.05, 0.1) is 20.8 Å². The fourth-order valence-electron chi connectivity index (χ4n) is 3.67. The minimum Gasteiger partial charge on any atom is -0.496 e. The van der Waals surface area contributed by atoms with Crippen LogP contribution in [0.1, 0.15) is 43.4 Å². The number of carbonyl (C=O) groups excluding carboxylic acids is 2. The highest BCUT2D eigenvalue weighted by molar-refractivity contribution is 7.87. The first kappa shape index (κ1) is 28.9. The summed E-state index contributed by atoms with van der Waals surface area (Å²) >= 11 is 1.04. The Labute approximate surface area is 222 Å². The molecule has 0 aliphatic carbocycles. The molecule has 0 fully saturated rings. The second-order valence-electron chi connectivity index (χ2n) is 8.17. The molecule has 3 N–H and O–H groups in total. The van der Waals surface area contributed by atoms with Crippen LogP contribution in [-0.2, 0) is 23.2 Å². The highest BCUT2D eigenvalue weighted by atomic mass is 32.2. The number of ether oxygens (including phenoxy) is 2. The molecule has 204 valence electrons. The van der Waals surface area contributed by atoms with Gasteiger partial charge in [-0.3, -0.25) is 9.59 Å². The van der Waals surface area contributed by atoms with Crippen molar-refractivity contribution >= 4 is 33.4 Å². The van der Waals surface area contributed by atoms with Gasteiger partial charge in [0.15, 0.2) is 0 Å². The van der Waals surface area contributed by atoms with Gasteiger partial charge in [-0.1, -0.05) is 0 Å². The summed E-state index contributed by atoms with van der Waals surface area (Å²) in [6.45, 7) is 1.86. The van der Waals surface area contributed by atoms with Crippen LogP contribution in [0.5, 0.6) is 11.5 Å². The maximum absolute atomic E-state index is 14.1. The fraction of sp³-hybridized carbons (Fsp3) is 0.292. The Bertz CT molecular complexity index is 1420. The number of hydrogen-bond acceptors (Lipinski definition) is 8. The molecule has 3 aromatic rings. The smallest absolute Gasteiger partial charge is 0.299 e. The summed E-state index contributed by atoms with van der Waals surface area (Å²) in [5.41, 5.74) is 0.939. The van der Waals surface area contributed by atoms with Crippen molar-refractivity contribution in [2.45, 2.75) is 26.3 Å². The van der Waals surface area contributed by atoms with E-state index >= 15 is 0 Å². The van der Waals surface area contributed by atoms with Crippen molar-refractivity contribution < 1.29 is 36.3 Å². The summed E-state index contributed by atoms with van der Waals surface area (Å²) in [6.07, 6.45) is 0.449. The van der Waals surface area contributed by atoms with Gasteiger partial charge in [-0.2, -0.15) is 8.42 Å². The number of nitrogens with one attached hydrogen (secondary N) is 1. The van der Waals surface area contributed by atoms with E-state index in [0.29, 0.717) is 22.1 Å². The molecule has 10 nitrogen and oxygen atoms in total. The summed E-state index contributed by atoms with van der Waals surface area (Å²) in [5.74, 6) is -1.69. The third-order valence-corrected chi connectivity index (χ3v) is 6.82. The predicted molar refractivity (Wildman–Crippen MR) is 136 cm³/mol. The number of rotatable bonds is 11. The number of thiazole rings is 1. The monoisotopic (exact) mass is 568 g/mol. The molecule has 0 saturated heterocycles. The van der Waals surface area contributed by atoms with Gasteiger partial charge >= 0.3 is 0 Å². The van der Waals surface area contributed by atoms with Gasteiger partial charge in [0.1, 0.15) is 33.8 Å². The second kappa shape index (κ2) is 12.3. The van der Waals surface area contributed by atoms with E-state index in [-0.39, 0.29) is 42.8 Å². The number of amides is 2. The van der Waals surface area contributed by atoms with Crippen molar-refractivity contribution in [2.24, 2.45) is 5.14 Å².